The number of anilines is 1. The average molecular weight is 313 g/mol. The van der Waals surface area contributed by atoms with Gasteiger partial charge < -0.3 is 10.4 Å². The lowest BCUT2D eigenvalue weighted by atomic mass is 10.2. The summed E-state index contributed by atoms with van der Waals surface area (Å²) < 4.78 is 38.7. The van der Waals surface area contributed by atoms with Gasteiger partial charge in [-0.3, -0.25) is 4.68 Å². The van der Waals surface area contributed by atoms with E-state index in [-0.39, 0.29) is 11.7 Å². The number of aromatic nitrogens is 2. The highest BCUT2D eigenvalue weighted by molar-refractivity contribution is 5.85. The van der Waals surface area contributed by atoms with Crippen LogP contribution in [-0.2, 0) is 6.18 Å². The monoisotopic (exact) mass is 313 g/mol. The van der Waals surface area contributed by atoms with Gasteiger partial charge in [-0.25, -0.2) is 4.79 Å². The molecule has 0 spiro atoms. The largest absolute Gasteiger partial charge is 0.477 e. The number of aromatic carboxylic acids is 1. The summed E-state index contributed by atoms with van der Waals surface area (Å²) in [6, 6.07) is 5.75. The van der Waals surface area contributed by atoms with Crippen molar-refractivity contribution >= 4 is 11.7 Å². The van der Waals surface area contributed by atoms with Crippen molar-refractivity contribution in [2.45, 2.75) is 19.1 Å². The molecular weight excluding hydrogens is 299 g/mol. The highest BCUT2D eigenvalue weighted by Gasteiger charge is 2.29. The first kappa shape index (κ1) is 15.9. The summed E-state index contributed by atoms with van der Waals surface area (Å²) in [6.45, 7) is 2.09. The predicted octanol–water partition coefficient (Wildman–Crippen LogP) is 3.27. The van der Waals surface area contributed by atoms with Crippen LogP contribution in [0, 0.1) is 0 Å². The normalized spacial score (nSPS) is 12.9. The number of carboxylic acid groups (broad SMARTS) is 1. The fraction of sp³-hybridized carbons (Fsp3) is 0.286. The SMILES string of the molecule is C[C@@H](CNc1ccc(C(F)(F)F)cc1)n1nccc1C(=O)O. The van der Waals surface area contributed by atoms with Gasteiger partial charge in [0.2, 0.25) is 0 Å². The van der Waals surface area contributed by atoms with Crippen LogP contribution in [0.2, 0.25) is 0 Å². The van der Waals surface area contributed by atoms with Crippen LogP contribution in [0.15, 0.2) is 36.5 Å². The fourth-order valence-corrected chi connectivity index (χ4v) is 1.96. The maximum Gasteiger partial charge on any atom is 0.416 e. The highest BCUT2D eigenvalue weighted by Crippen LogP contribution is 2.29. The Kier molecular flexibility index (Phi) is 4.39. The van der Waals surface area contributed by atoms with E-state index in [1.807, 2.05) is 0 Å². The van der Waals surface area contributed by atoms with Crippen molar-refractivity contribution in [1.82, 2.24) is 9.78 Å². The van der Waals surface area contributed by atoms with Crippen LogP contribution >= 0.6 is 0 Å². The van der Waals surface area contributed by atoms with Gasteiger partial charge in [0.1, 0.15) is 5.69 Å². The number of nitrogens with one attached hydrogen (secondary N) is 1. The van der Waals surface area contributed by atoms with E-state index in [1.54, 1.807) is 6.92 Å². The lowest BCUT2D eigenvalue weighted by Gasteiger charge is -2.16. The van der Waals surface area contributed by atoms with Gasteiger partial charge in [-0.15, -0.1) is 0 Å². The Labute approximate surface area is 124 Å². The first-order valence-corrected chi connectivity index (χ1v) is 6.47. The van der Waals surface area contributed by atoms with E-state index < -0.39 is 17.7 Å². The zero-order valence-corrected chi connectivity index (χ0v) is 11.6. The van der Waals surface area contributed by atoms with E-state index in [2.05, 4.69) is 10.4 Å². The third-order valence-corrected chi connectivity index (χ3v) is 3.12. The quantitative estimate of drug-likeness (QED) is 0.889. The van der Waals surface area contributed by atoms with Gasteiger partial charge in [-0.1, -0.05) is 0 Å². The number of carboxylic acids is 1. The first-order chi connectivity index (χ1) is 10.3. The van der Waals surface area contributed by atoms with E-state index in [0.717, 1.165) is 12.1 Å². The Morgan fingerprint density at radius 1 is 1.32 bits per heavy atom. The summed E-state index contributed by atoms with van der Waals surface area (Å²) in [6.07, 6.45) is -2.98. The third kappa shape index (κ3) is 3.57. The van der Waals surface area contributed by atoms with Gasteiger partial charge in [0.05, 0.1) is 11.6 Å². The van der Waals surface area contributed by atoms with E-state index in [4.69, 9.17) is 5.11 Å². The molecule has 2 aromatic rings. The van der Waals surface area contributed by atoms with Crippen LogP contribution in [0.1, 0.15) is 29.0 Å². The Balaban J connectivity index is 2.00. The molecule has 22 heavy (non-hydrogen) atoms. The standard InChI is InChI=1S/C14H14F3N3O2/c1-9(20-12(13(21)22)6-7-19-20)8-18-11-4-2-10(3-5-11)14(15,16)17/h2-7,9,18H,8H2,1H3,(H,21,22)/t9-/m0/s1. The van der Waals surface area contributed by atoms with E-state index >= 15 is 0 Å². The molecule has 2 rings (SSSR count). The van der Waals surface area contributed by atoms with Crippen LogP contribution in [-0.4, -0.2) is 27.4 Å². The summed E-state index contributed by atoms with van der Waals surface area (Å²) in [5, 5.41) is 15.9. The number of rotatable bonds is 5. The Morgan fingerprint density at radius 3 is 2.50 bits per heavy atom. The number of benzene rings is 1. The van der Waals surface area contributed by atoms with E-state index in [1.165, 1.54) is 29.1 Å². The number of halogens is 3. The van der Waals surface area contributed by atoms with Crippen LogP contribution in [0.3, 0.4) is 0 Å². The molecule has 0 aliphatic carbocycles. The summed E-state index contributed by atoms with van der Waals surface area (Å²) in [5.41, 5.74) is -0.142. The molecule has 0 radical (unpaired) electrons. The number of hydrogen-bond donors (Lipinski definition) is 2. The summed E-state index contributed by atoms with van der Waals surface area (Å²) in [4.78, 5) is 11.0. The van der Waals surface area contributed by atoms with Crippen molar-refractivity contribution in [3.05, 3.63) is 47.8 Å². The van der Waals surface area contributed by atoms with E-state index in [9.17, 15) is 18.0 Å². The molecule has 0 aliphatic heterocycles. The molecule has 5 nitrogen and oxygen atoms in total. The zero-order chi connectivity index (χ0) is 16.3. The molecule has 0 amide bonds. The van der Waals surface area contributed by atoms with Crippen molar-refractivity contribution in [1.29, 1.82) is 0 Å². The van der Waals surface area contributed by atoms with Crippen molar-refractivity contribution in [3.8, 4) is 0 Å². The second kappa shape index (κ2) is 6.08. The molecule has 8 heteroatoms. The summed E-state index contributed by atoms with van der Waals surface area (Å²) >= 11 is 0. The number of hydrogen-bond acceptors (Lipinski definition) is 3. The number of carbonyl (C=O) groups is 1. The molecule has 118 valence electrons. The molecule has 1 aromatic carbocycles. The van der Waals surface area contributed by atoms with Gasteiger partial charge in [-0.05, 0) is 37.3 Å². The molecule has 0 fully saturated rings. The molecule has 0 aliphatic rings. The first-order valence-electron chi connectivity index (χ1n) is 6.47. The molecule has 2 N–H and O–H groups in total. The topological polar surface area (TPSA) is 67.2 Å². The summed E-state index contributed by atoms with van der Waals surface area (Å²) in [7, 11) is 0. The molecule has 1 atom stereocenters. The third-order valence-electron chi connectivity index (χ3n) is 3.12. The van der Waals surface area contributed by atoms with Gasteiger partial charge in [0, 0.05) is 18.4 Å². The van der Waals surface area contributed by atoms with Crippen molar-refractivity contribution in [2.75, 3.05) is 11.9 Å². The Hall–Kier alpha value is -2.51. The van der Waals surface area contributed by atoms with Crippen molar-refractivity contribution < 1.29 is 23.1 Å². The second-order valence-electron chi connectivity index (χ2n) is 4.77. The van der Waals surface area contributed by atoms with Gasteiger partial charge in [0.25, 0.3) is 0 Å². The fourth-order valence-electron chi connectivity index (χ4n) is 1.96. The van der Waals surface area contributed by atoms with Gasteiger partial charge in [0.15, 0.2) is 0 Å². The molecule has 0 unspecified atom stereocenters. The maximum absolute atomic E-state index is 12.5. The Morgan fingerprint density at radius 2 is 1.95 bits per heavy atom. The van der Waals surface area contributed by atoms with Crippen LogP contribution < -0.4 is 5.32 Å². The molecule has 0 bridgehead atoms. The lowest BCUT2D eigenvalue weighted by molar-refractivity contribution is -0.137. The minimum atomic E-state index is -4.36. The molecule has 0 saturated heterocycles. The average Bonchev–Trinajstić information content (AvgIpc) is 2.94. The highest BCUT2D eigenvalue weighted by atomic mass is 19.4. The van der Waals surface area contributed by atoms with Crippen molar-refractivity contribution in [3.63, 3.8) is 0 Å². The molecular formula is C14H14F3N3O2. The minimum absolute atomic E-state index is 0.0571. The number of nitrogens with zero attached hydrogens (tertiary/aromatic N) is 2. The Bertz CT molecular complexity index is 650. The maximum atomic E-state index is 12.5. The smallest absolute Gasteiger partial charge is 0.416 e. The second-order valence-corrected chi connectivity index (χ2v) is 4.77. The van der Waals surface area contributed by atoms with Gasteiger partial charge >= 0.3 is 12.1 Å². The molecule has 1 aromatic heterocycles. The number of alkyl halides is 3. The lowest BCUT2D eigenvalue weighted by Crippen LogP contribution is -2.21. The van der Waals surface area contributed by atoms with Crippen LogP contribution in [0.25, 0.3) is 0 Å². The minimum Gasteiger partial charge on any atom is -0.477 e. The van der Waals surface area contributed by atoms with Crippen molar-refractivity contribution in [2.24, 2.45) is 0 Å². The van der Waals surface area contributed by atoms with E-state index in [0.29, 0.717) is 12.2 Å². The molecule has 1 heterocycles. The van der Waals surface area contributed by atoms with Crippen LogP contribution in [0.4, 0.5) is 18.9 Å². The predicted molar refractivity (Wildman–Crippen MR) is 73.8 cm³/mol. The summed E-state index contributed by atoms with van der Waals surface area (Å²) in [5.74, 6) is -1.08. The zero-order valence-electron chi connectivity index (χ0n) is 11.6. The molecule has 0 saturated carbocycles. The van der Waals surface area contributed by atoms with Gasteiger partial charge in [-0.2, -0.15) is 18.3 Å². The van der Waals surface area contributed by atoms with Crippen LogP contribution in [0.5, 0.6) is 0 Å².